The third-order valence-electron chi connectivity index (χ3n) is 4.63. The van der Waals surface area contributed by atoms with E-state index in [1.54, 1.807) is 24.5 Å². The van der Waals surface area contributed by atoms with Crippen LogP contribution < -0.4 is 4.90 Å². The first-order valence-corrected chi connectivity index (χ1v) is 8.92. The molecule has 4 rings (SSSR count). The first kappa shape index (κ1) is 16.7. The number of carbonyl (C=O) groups is 1. The minimum absolute atomic E-state index is 0.0811. The largest absolute Gasteiger partial charge is 0.507 e. The lowest BCUT2D eigenvalue weighted by atomic mass is 10.0. The van der Waals surface area contributed by atoms with Gasteiger partial charge in [0.1, 0.15) is 11.6 Å². The molecule has 3 heterocycles. The van der Waals surface area contributed by atoms with Gasteiger partial charge in [0.25, 0.3) is 0 Å². The first-order chi connectivity index (χ1) is 12.6. The zero-order valence-corrected chi connectivity index (χ0v) is 14.8. The maximum atomic E-state index is 12.7. The second-order valence-corrected chi connectivity index (χ2v) is 6.83. The summed E-state index contributed by atoms with van der Waals surface area (Å²) in [5.41, 5.74) is 2.46. The van der Waals surface area contributed by atoms with E-state index in [1.807, 2.05) is 12.1 Å². The number of H-pyrrole nitrogens is 1. The molecule has 2 aromatic heterocycles. The Hall–Kier alpha value is -2.79. The van der Waals surface area contributed by atoms with Crippen molar-refractivity contribution in [1.29, 1.82) is 0 Å². The van der Waals surface area contributed by atoms with E-state index >= 15 is 0 Å². The van der Waals surface area contributed by atoms with Crippen LogP contribution in [0.15, 0.2) is 48.8 Å². The Bertz CT molecular complexity index is 961. The van der Waals surface area contributed by atoms with Crippen LogP contribution in [0.1, 0.15) is 28.8 Å². The van der Waals surface area contributed by atoms with Gasteiger partial charge in [-0.05, 0) is 49.2 Å². The molecule has 132 valence electrons. The van der Waals surface area contributed by atoms with E-state index in [1.165, 1.54) is 25.0 Å². The fourth-order valence-electron chi connectivity index (χ4n) is 3.24. The fraction of sp³-hybridized carbons (Fsp3) is 0.200. The van der Waals surface area contributed by atoms with Crippen LogP contribution in [0, 0.1) is 0 Å². The molecular weight excluding hydrogens is 350 g/mol. The van der Waals surface area contributed by atoms with Gasteiger partial charge in [-0.15, -0.1) is 0 Å². The molecule has 0 amide bonds. The lowest BCUT2D eigenvalue weighted by molar-refractivity contribution is 0.103. The van der Waals surface area contributed by atoms with Crippen LogP contribution >= 0.6 is 11.6 Å². The van der Waals surface area contributed by atoms with E-state index in [2.05, 4.69) is 14.9 Å². The van der Waals surface area contributed by atoms with E-state index in [9.17, 15) is 9.90 Å². The summed E-state index contributed by atoms with van der Waals surface area (Å²) in [5, 5.41) is 10.4. The molecule has 1 fully saturated rings. The number of hydrogen-bond donors (Lipinski definition) is 2. The standard InChI is InChI=1S/C20H18ClN3O2/c21-15-3-4-18(25)16(11-15)20(26)14-9-17(23-12-14)13-5-6-22-19(10-13)24-7-1-2-8-24/h3-6,9-12,23,25H,1-2,7-8H2. The zero-order valence-electron chi connectivity index (χ0n) is 14.1. The van der Waals surface area contributed by atoms with E-state index in [-0.39, 0.29) is 17.1 Å². The second kappa shape index (κ2) is 6.84. The van der Waals surface area contributed by atoms with Crippen molar-refractivity contribution >= 4 is 23.2 Å². The molecule has 2 N–H and O–H groups in total. The van der Waals surface area contributed by atoms with Crippen molar-refractivity contribution in [2.24, 2.45) is 0 Å². The van der Waals surface area contributed by atoms with Crippen molar-refractivity contribution in [3.63, 3.8) is 0 Å². The summed E-state index contributed by atoms with van der Waals surface area (Å²) < 4.78 is 0. The lowest BCUT2D eigenvalue weighted by Gasteiger charge is -2.16. The molecule has 26 heavy (non-hydrogen) atoms. The molecule has 1 saturated heterocycles. The van der Waals surface area contributed by atoms with Crippen molar-refractivity contribution in [2.75, 3.05) is 18.0 Å². The third kappa shape index (κ3) is 3.18. The van der Waals surface area contributed by atoms with Crippen LogP contribution in [0.2, 0.25) is 5.02 Å². The van der Waals surface area contributed by atoms with Crippen molar-refractivity contribution < 1.29 is 9.90 Å². The van der Waals surface area contributed by atoms with Gasteiger partial charge in [-0.1, -0.05) is 11.6 Å². The topological polar surface area (TPSA) is 69.2 Å². The van der Waals surface area contributed by atoms with Gasteiger partial charge in [0.05, 0.1) is 5.56 Å². The number of carbonyl (C=O) groups excluding carboxylic acids is 1. The predicted molar refractivity (Wildman–Crippen MR) is 102 cm³/mol. The van der Waals surface area contributed by atoms with Gasteiger partial charge in [0.2, 0.25) is 0 Å². The molecule has 0 spiro atoms. The number of halogens is 1. The Labute approximate surface area is 156 Å². The number of nitrogens with zero attached hydrogens (tertiary/aromatic N) is 2. The van der Waals surface area contributed by atoms with E-state index < -0.39 is 0 Å². The van der Waals surface area contributed by atoms with Crippen LogP contribution in [0.4, 0.5) is 5.82 Å². The number of phenolic OH excluding ortho intramolecular Hbond substituents is 1. The summed E-state index contributed by atoms with van der Waals surface area (Å²) in [7, 11) is 0. The molecule has 5 nitrogen and oxygen atoms in total. The van der Waals surface area contributed by atoms with Gasteiger partial charge < -0.3 is 15.0 Å². The molecule has 1 aliphatic heterocycles. The van der Waals surface area contributed by atoms with Gasteiger partial charge in [-0.2, -0.15) is 0 Å². The van der Waals surface area contributed by atoms with Crippen molar-refractivity contribution in [2.45, 2.75) is 12.8 Å². The second-order valence-electron chi connectivity index (χ2n) is 6.39. The van der Waals surface area contributed by atoms with Crippen LogP contribution in [0.3, 0.4) is 0 Å². The Balaban J connectivity index is 1.63. The van der Waals surface area contributed by atoms with Gasteiger partial charge in [-0.25, -0.2) is 4.98 Å². The Morgan fingerprint density at radius 2 is 1.96 bits per heavy atom. The normalized spacial score (nSPS) is 14.0. The molecule has 6 heteroatoms. The number of aromatic amines is 1. The summed E-state index contributed by atoms with van der Waals surface area (Å²) in [4.78, 5) is 22.5. The molecule has 0 radical (unpaired) electrons. The summed E-state index contributed by atoms with van der Waals surface area (Å²) in [6, 6.07) is 10.2. The number of aromatic nitrogens is 2. The fourth-order valence-corrected chi connectivity index (χ4v) is 3.41. The van der Waals surface area contributed by atoms with Crippen molar-refractivity contribution in [1.82, 2.24) is 9.97 Å². The smallest absolute Gasteiger partial charge is 0.198 e. The molecular formula is C20H18ClN3O2. The number of anilines is 1. The van der Waals surface area contributed by atoms with Crippen LogP contribution in [0.5, 0.6) is 5.75 Å². The number of ketones is 1. The SMILES string of the molecule is O=C(c1c[nH]c(-c2ccnc(N3CCCC3)c2)c1)c1cc(Cl)ccc1O. The number of hydrogen-bond acceptors (Lipinski definition) is 4. The molecule has 0 unspecified atom stereocenters. The van der Waals surface area contributed by atoms with Gasteiger partial charge in [-0.3, -0.25) is 4.79 Å². The average Bonchev–Trinajstić information content (AvgIpc) is 3.35. The molecule has 3 aromatic rings. The minimum Gasteiger partial charge on any atom is -0.507 e. The summed E-state index contributed by atoms with van der Waals surface area (Å²) in [6.07, 6.45) is 5.81. The Morgan fingerprint density at radius 3 is 2.77 bits per heavy atom. The highest BCUT2D eigenvalue weighted by Gasteiger charge is 2.17. The highest BCUT2D eigenvalue weighted by Crippen LogP contribution is 2.28. The van der Waals surface area contributed by atoms with Crippen LogP contribution in [-0.2, 0) is 0 Å². The number of aromatic hydroxyl groups is 1. The maximum absolute atomic E-state index is 12.7. The lowest BCUT2D eigenvalue weighted by Crippen LogP contribution is -2.18. The highest BCUT2D eigenvalue weighted by atomic mass is 35.5. The van der Waals surface area contributed by atoms with Crippen LogP contribution in [-0.4, -0.2) is 33.9 Å². The summed E-state index contributed by atoms with van der Waals surface area (Å²) >= 11 is 5.95. The molecule has 1 aromatic carbocycles. The predicted octanol–water partition coefficient (Wildman–Crippen LogP) is 4.27. The van der Waals surface area contributed by atoms with E-state index in [0.717, 1.165) is 30.2 Å². The average molecular weight is 368 g/mol. The van der Waals surface area contributed by atoms with Gasteiger partial charge in [0.15, 0.2) is 5.78 Å². The van der Waals surface area contributed by atoms with Gasteiger partial charge >= 0.3 is 0 Å². The molecule has 0 saturated carbocycles. The Kier molecular flexibility index (Phi) is 4.39. The molecule has 0 aliphatic carbocycles. The van der Waals surface area contributed by atoms with E-state index in [0.29, 0.717) is 10.6 Å². The van der Waals surface area contributed by atoms with Crippen LogP contribution in [0.25, 0.3) is 11.3 Å². The van der Waals surface area contributed by atoms with E-state index in [4.69, 9.17) is 11.6 Å². The minimum atomic E-state index is -0.277. The number of rotatable bonds is 4. The Morgan fingerprint density at radius 1 is 1.15 bits per heavy atom. The maximum Gasteiger partial charge on any atom is 0.198 e. The highest BCUT2D eigenvalue weighted by molar-refractivity contribution is 6.31. The number of benzene rings is 1. The van der Waals surface area contributed by atoms with Gasteiger partial charge in [0, 0.05) is 47.3 Å². The van der Waals surface area contributed by atoms with Crippen molar-refractivity contribution in [3.05, 3.63) is 64.9 Å². The summed E-state index contributed by atoms with van der Waals surface area (Å²) in [5.74, 6) is 0.596. The monoisotopic (exact) mass is 367 g/mol. The first-order valence-electron chi connectivity index (χ1n) is 8.55. The number of pyridine rings is 1. The molecule has 0 atom stereocenters. The summed E-state index contributed by atoms with van der Waals surface area (Å²) in [6.45, 7) is 2.05. The number of phenols is 1. The van der Waals surface area contributed by atoms with Crippen molar-refractivity contribution in [3.8, 4) is 17.0 Å². The molecule has 1 aliphatic rings. The number of nitrogens with one attached hydrogen (secondary N) is 1. The quantitative estimate of drug-likeness (QED) is 0.676. The zero-order chi connectivity index (χ0) is 18.1. The third-order valence-corrected chi connectivity index (χ3v) is 4.87. The molecule has 0 bridgehead atoms.